The molecule has 0 fully saturated rings. The van der Waals surface area contributed by atoms with Gasteiger partial charge in [0.1, 0.15) is 17.1 Å². The Bertz CT molecular complexity index is 538. The molecule has 0 bridgehead atoms. The third kappa shape index (κ3) is 3.54. The number of halogens is 4. The minimum Gasteiger partial charge on any atom is -0.478 e. The van der Waals surface area contributed by atoms with Crippen LogP contribution in [0.15, 0.2) is 35.5 Å². The molecular weight excluding hydrogens is 268 g/mol. The summed E-state index contributed by atoms with van der Waals surface area (Å²) < 4.78 is 51.4. The van der Waals surface area contributed by atoms with Crippen LogP contribution in [0.4, 0.5) is 23.2 Å². The van der Waals surface area contributed by atoms with Gasteiger partial charge < -0.3 is 15.8 Å². The van der Waals surface area contributed by atoms with Crippen LogP contribution in [-0.2, 0) is 4.79 Å². The highest BCUT2D eigenvalue weighted by atomic mass is 19.4. The monoisotopic (exact) mass is 276 g/mol. The molecule has 102 valence electrons. The van der Waals surface area contributed by atoms with Crippen LogP contribution in [-0.4, -0.2) is 23.5 Å². The van der Waals surface area contributed by atoms with Crippen molar-refractivity contribution >= 4 is 17.9 Å². The topological polar surface area (TPSA) is 73.2 Å². The maximum atomic E-state index is 13.2. The number of para-hydroxylation sites is 1. The zero-order chi connectivity index (χ0) is 14.6. The van der Waals surface area contributed by atoms with E-state index in [2.05, 4.69) is 0 Å². The largest absolute Gasteiger partial charge is 0.478 e. The van der Waals surface area contributed by atoms with E-state index < -0.39 is 34.9 Å². The van der Waals surface area contributed by atoms with E-state index in [1.807, 2.05) is 0 Å². The van der Waals surface area contributed by atoms with E-state index in [9.17, 15) is 22.4 Å². The Morgan fingerprint density at radius 1 is 1.32 bits per heavy atom. The van der Waals surface area contributed by atoms with Gasteiger partial charge in [0, 0.05) is 6.21 Å². The van der Waals surface area contributed by atoms with Crippen molar-refractivity contribution in [1.82, 2.24) is 0 Å². The lowest BCUT2D eigenvalue weighted by atomic mass is 10.2. The number of allylic oxidation sites excluding steroid dienone is 1. The highest BCUT2D eigenvalue weighted by molar-refractivity contribution is 6.09. The number of benzene rings is 1. The van der Waals surface area contributed by atoms with Crippen molar-refractivity contribution < 1.29 is 27.5 Å². The molecule has 0 aliphatic rings. The number of nitrogens with one attached hydrogen (secondary N) is 2. The first kappa shape index (κ1) is 14.7. The second-order valence-corrected chi connectivity index (χ2v) is 3.34. The molecule has 0 heterocycles. The number of rotatable bonds is 4. The number of anilines is 1. The van der Waals surface area contributed by atoms with E-state index in [1.54, 1.807) is 5.32 Å². The summed E-state index contributed by atoms with van der Waals surface area (Å²) >= 11 is 0. The molecule has 0 amide bonds. The molecule has 0 radical (unpaired) electrons. The summed E-state index contributed by atoms with van der Waals surface area (Å²) in [6, 6.07) is 4.49. The number of alkyl halides is 3. The minimum absolute atomic E-state index is 0.0407. The maximum absolute atomic E-state index is 13.2. The van der Waals surface area contributed by atoms with E-state index in [1.165, 1.54) is 12.1 Å². The average Bonchev–Trinajstić information content (AvgIpc) is 2.29. The smallest absolute Gasteiger partial charge is 0.432 e. The third-order valence-corrected chi connectivity index (χ3v) is 2.06. The number of hydrogen-bond donors (Lipinski definition) is 3. The zero-order valence-corrected chi connectivity index (χ0v) is 9.25. The second kappa shape index (κ2) is 5.51. The van der Waals surface area contributed by atoms with E-state index in [0.717, 1.165) is 12.1 Å². The first-order valence-corrected chi connectivity index (χ1v) is 4.84. The molecule has 0 saturated carbocycles. The predicted molar refractivity (Wildman–Crippen MR) is 59.5 cm³/mol. The van der Waals surface area contributed by atoms with Gasteiger partial charge in [0.25, 0.3) is 0 Å². The molecule has 1 rings (SSSR count). The van der Waals surface area contributed by atoms with Crippen LogP contribution in [0, 0.1) is 11.2 Å². The molecule has 3 N–H and O–H groups in total. The van der Waals surface area contributed by atoms with Gasteiger partial charge in [-0.3, -0.25) is 0 Å². The minimum atomic E-state index is -5.06. The molecule has 1 aromatic carbocycles. The quantitative estimate of drug-likeness (QED) is 0.450. The first-order chi connectivity index (χ1) is 8.77. The summed E-state index contributed by atoms with van der Waals surface area (Å²) in [6.45, 7) is 0. The van der Waals surface area contributed by atoms with Crippen LogP contribution >= 0.6 is 0 Å². The van der Waals surface area contributed by atoms with Crippen molar-refractivity contribution in [3.05, 3.63) is 41.4 Å². The lowest BCUT2D eigenvalue weighted by Crippen LogP contribution is -2.25. The molecule has 0 aromatic heterocycles. The molecule has 19 heavy (non-hydrogen) atoms. The van der Waals surface area contributed by atoms with Gasteiger partial charge in [0.05, 0.1) is 5.69 Å². The molecule has 0 atom stereocenters. The van der Waals surface area contributed by atoms with Gasteiger partial charge in [-0.05, 0) is 12.1 Å². The molecule has 0 spiro atoms. The van der Waals surface area contributed by atoms with Gasteiger partial charge >= 0.3 is 12.1 Å². The fourth-order valence-electron chi connectivity index (χ4n) is 1.23. The summed E-state index contributed by atoms with van der Waals surface area (Å²) in [5, 5.41) is 17.0. The number of carboxylic acids is 1. The van der Waals surface area contributed by atoms with Crippen LogP contribution < -0.4 is 5.32 Å². The van der Waals surface area contributed by atoms with E-state index in [4.69, 9.17) is 10.5 Å². The predicted octanol–water partition coefficient (Wildman–Crippen LogP) is 2.79. The number of carboxylic acid groups (broad SMARTS) is 1. The van der Waals surface area contributed by atoms with Crippen molar-refractivity contribution in [2.75, 3.05) is 5.32 Å². The lowest BCUT2D eigenvalue weighted by Gasteiger charge is -2.16. The average molecular weight is 276 g/mol. The Morgan fingerprint density at radius 2 is 1.89 bits per heavy atom. The lowest BCUT2D eigenvalue weighted by molar-refractivity contribution is -0.133. The first-order valence-electron chi connectivity index (χ1n) is 4.84. The molecule has 0 unspecified atom stereocenters. The van der Waals surface area contributed by atoms with Crippen LogP contribution in [0.3, 0.4) is 0 Å². The number of carbonyl (C=O) groups is 1. The molecular formula is C11H8F4N2O2. The van der Waals surface area contributed by atoms with Crippen molar-refractivity contribution in [3.63, 3.8) is 0 Å². The van der Waals surface area contributed by atoms with Crippen molar-refractivity contribution in [1.29, 1.82) is 5.41 Å². The maximum Gasteiger partial charge on any atom is 0.432 e. The Kier molecular flexibility index (Phi) is 4.26. The summed E-state index contributed by atoms with van der Waals surface area (Å²) in [6.07, 6.45) is -5.02. The van der Waals surface area contributed by atoms with E-state index >= 15 is 0 Å². The third-order valence-electron chi connectivity index (χ3n) is 2.06. The van der Waals surface area contributed by atoms with Gasteiger partial charge in [-0.1, -0.05) is 12.1 Å². The van der Waals surface area contributed by atoms with Gasteiger partial charge in [-0.25, -0.2) is 9.18 Å². The SMILES string of the molecule is N=C/C(C(=O)O)=C(\Nc1ccccc1F)C(F)(F)F. The molecule has 0 aliphatic heterocycles. The van der Waals surface area contributed by atoms with Crippen molar-refractivity contribution in [2.24, 2.45) is 0 Å². The Labute approximate surface area is 104 Å². The van der Waals surface area contributed by atoms with E-state index in [-0.39, 0.29) is 6.21 Å². The standard InChI is InChI=1S/C11H8F4N2O2/c12-7-3-1-2-4-8(7)17-9(11(13,14)15)6(5-16)10(18)19/h1-5,16-17H,(H,18,19)/b9-6+,16-5?. The molecule has 4 nitrogen and oxygen atoms in total. The second-order valence-electron chi connectivity index (χ2n) is 3.34. The summed E-state index contributed by atoms with van der Waals surface area (Å²) in [5.41, 5.74) is -3.55. The van der Waals surface area contributed by atoms with Gasteiger partial charge in [-0.2, -0.15) is 13.2 Å². The van der Waals surface area contributed by atoms with Crippen LogP contribution in [0.1, 0.15) is 0 Å². The van der Waals surface area contributed by atoms with Crippen LogP contribution in [0.5, 0.6) is 0 Å². The van der Waals surface area contributed by atoms with Gasteiger partial charge in [-0.15, -0.1) is 0 Å². The fourth-order valence-corrected chi connectivity index (χ4v) is 1.23. The van der Waals surface area contributed by atoms with Crippen molar-refractivity contribution in [3.8, 4) is 0 Å². The highest BCUT2D eigenvalue weighted by Crippen LogP contribution is 2.30. The Hall–Kier alpha value is -2.38. The summed E-state index contributed by atoms with van der Waals surface area (Å²) in [7, 11) is 0. The van der Waals surface area contributed by atoms with Crippen LogP contribution in [0.25, 0.3) is 0 Å². The number of hydrogen-bond acceptors (Lipinski definition) is 3. The highest BCUT2D eigenvalue weighted by Gasteiger charge is 2.38. The normalized spacial score (nSPS) is 12.6. The Balaban J connectivity index is 3.33. The molecule has 8 heteroatoms. The molecule has 0 saturated heterocycles. The Morgan fingerprint density at radius 3 is 2.32 bits per heavy atom. The summed E-state index contributed by atoms with van der Waals surface area (Å²) in [4.78, 5) is 10.7. The van der Waals surface area contributed by atoms with Gasteiger partial charge in [0.15, 0.2) is 0 Å². The van der Waals surface area contributed by atoms with Crippen molar-refractivity contribution in [2.45, 2.75) is 6.18 Å². The summed E-state index contributed by atoms with van der Waals surface area (Å²) in [5.74, 6) is -2.91. The molecule has 1 aromatic rings. The van der Waals surface area contributed by atoms with Gasteiger partial charge in [0.2, 0.25) is 0 Å². The van der Waals surface area contributed by atoms with Crippen LogP contribution in [0.2, 0.25) is 0 Å². The zero-order valence-electron chi connectivity index (χ0n) is 9.25. The number of aliphatic carboxylic acids is 1. The van der Waals surface area contributed by atoms with E-state index in [0.29, 0.717) is 0 Å². The molecule has 0 aliphatic carbocycles. The fraction of sp³-hybridized carbons (Fsp3) is 0.0909.